The third-order valence-electron chi connectivity index (χ3n) is 9.82. The number of nitrogens with one attached hydrogen (secondary N) is 1. The molecule has 2 saturated heterocycles. The van der Waals surface area contributed by atoms with Gasteiger partial charge in [0, 0.05) is 37.7 Å². The van der Waals surface area contributed by atoms with Gasteiger partial charge in [0.1, 0.15) is 29.8 Å². The van der Waals surface area contributed by atoms with Crippen LogP contribution in [0.25, 0.3) is 0 Å². The van der Waals surface area contributed by atoms with Gasteiger partial charge < -0.3 is 34.4 Å². The molecule has 4 aliphatic rings. The van der Waals surface area contributed by atoms with Crippen molar-refractivity contribution in [2.24, 2.45) is 11.8 Å². The Morgan fingerprint density at radius 1 is 1.00 bits per heavy atom. The van der Waals surface area contributed by atoms with Crippen molar-refractivity contribution in [3.8, 4) is 0 Å². The molecule has 6 rings (SSSR count). The number of methoxy groups -OCH3 is 1. The standard InChI is InChI=1S/C37H41BrClN3O8/c1-48-22-26-31(23-13-5-2-6-14-23)49-36(47)29-30-34(45)42(19-11-4-12-20-43)33(37(30)21-24(38)32(29)50-37)35(46)41(27-16-9-8-15-25(27)39)18-10-3-7-17-28(44)40-26/h2-3,5-6,8-10,13-16,21,26,29-33,43H,4,7,11-12,17-20,22H2,1H3,(H,40,44)/b10-3-/t26-,29+,30-,31-,32+,33+,37-/m1/s1. The minimum absolute atomic E-state index is 0.0109. The summed E-state index contributed by atoms with van der Waals surface area (Å²) in [5, 5.41) is 12.7. The molecule has 266 valence electrons. The van der Waals surface area contributed by atoms with E-state index in [0.717, 1.165) is 0 Å². The van der Waals surface area contributed by atoms with E-state index in [1.54, 1.807) is 48.6 Å². The Bertz CT molecular complexity index is 1660. The van der Waals surface area contributed by atoms with Crippen LogP contribution >= 0.6 is 27.5 Å². The Morgan fingerprint density at radius 2 is 1.76 bits per heavy atom. The van der Waals surface area contributed by atoms with Crippen molar-refractivity contribution < 1.29 is 38.5 Å². The number of hydrogen-bond acceptors (Lipinski definition) is 8. The van der Waals surface area contributed by atoms with E-state index in [4.69, 9.17) is 25.8 Å². The van der Waals surface area contributed by atoms with Gasteiger partial charge in [-0.05, 0) is 49.5 Å². The smallest absolute Gasteiger partial charge is 0.313 e. The number of rotatable bonds is 9. The molecule has 7 atom stereocenters. The molecule has 0 aliphatic carbocycles. The van der Waals surface area contributed by atoms with Crippen LogP contribution in [0.3, 0.4) is 0 Å². The van der Waals surface area contributed by atoms with E-state index in [0.29, 0.717) is 46.4 Å². The fourth-order valence-corrected chi connectivity index (χ4v) is 8.58. The number of fused-ring (bicyclic) bond motifs is 2. The van der Waals surface area contributed by atoms with Crippen molar-refractivity contribution in [1.82, 2.24) is 10.2 Å². The van der Waals surface area contributed by atoms with E-state index < -0.39 is 53.6 Å². The minimum atomic E-state index is -1.47. The molecule has 4 heterocycles. The molecular formula is C37H41BrClN3O8. The number of hydrogen-bond donors (Lipinski definition) is 2. The summed E-state index contributed by atoms with van der Waals surface area (Å²) in [6.45, 7) is 0.391. The lowest BCUT2D eigenvalue weighted by Crippen LogP contribution is -2.56. The first-order chi connectivity index (χ1) is 24.2. The Kier molecular flexibility index (Phi) is 11.4. The SMILES string of the molecule is COC[C@H]1NC(=O)CC/C=C\CN(c2ccccc2Cl)C(=O)[C@@H]2N(CCCCCO)C(=O)[C@H]3[C@H](C(=O)O[C@@H]1c1ccccc1)[C@H]1O[C@@]23C=C1Br. The number of cyclic esters (lactones) is 1. The minimum Gasteiger partial charge on any atom is -0.455 e. The van der Waals surface area contributed by atoms with Crippen molar-refractivity contribution >= 4 is 56.9 Å². The fraction of sp³-hybridized carbons (Fsp3) is 0.459. The van der Waals surface area contributed by atoms with Crippen molar-refractivity contribution in [3.63, 3.8) is 0 Å². The molecule has 0 unspecified atom stereocenters. The van der Waals surface area contributed by atoms with E-state index in [9.17, 15) is 24.3 Å². The van der Waals surface area contributed by atoms with Gasteiger partial charge in [0.05, 0.1) is 29.3 Å². The topological polar surface area (TPSA) is 135 Å². The lowest BCUT2D eigenvalue weighted by atomic mass is 9.74. The number of allylic oxidation sites excluding steroid dienone is 1. The Balaban J connectivity index is 1.47. The number of aliphatic hydroxyl groups excluding tert-OH is 1. The molecule has 50 heavy (non-hydrogen) atoms. The second-order valence-electron chi connectivity index (χ2n) is 13.0. The number of carbonyl (C=O) groups is 4. The first-order valence-electron chi connectivity index (χ1n) is 16.9. The Hall–Kier alpha value is -3.55. The highest BCUT2D eigenvalue weighted by molar-refractivity contribution is 9.11. The number of likely N-dealkylation sites (tertiary alicyclic amines) is 1. The second-order valence-corrected chi connectivity index (χ2v) is 14.3. The molecule has 0 aromatic heterocycles. The summed E-state index contributed by atoms with van der Waals surface area (Å²) in [5.41, 5.74) is -0.384. The molecule has 11 nitrogen and oxygen atoms in total. The highest BCUT2D eigenvalue weighted by Gasteiger charge is 2.75. The van der Waals surface area contributed by atoms with E-state index in [1.807, 2.05) is 24.3 Å². The van der Waals surface area contributed by atoms with Gasteiger partial charge in [0.2, 0.25) is 11.8 Å². The van der Waals surface area contributed by atoms with E-state index in [1.165, 1.54) is 16.9 Å². The monoisotopic (exact) mass is 769 g/mol. The number of unbranched alkanes of at least 4 members (excludes halogenated alkanes) is 2. The average Bonchev–Trinajstić information content (AvgIpc) is 3.70. The molecule has 4 aliphatic heterocycles. The molecule has 5 bridgehead atoms. The van der Waals surface area contributed by atoms with Gasteiger partial charge in [-0.25, -0.2) is 0 Å². The normalized spacial score (nSPS) is 30.6. The van der Waals surface area contributed by atoms with Crippen molar-refractivity contribution in [3.05, 3.63) is 87.9 Å². The summed E-state index contributed by atoms with van der Waals surface area (Å²) >= 11 is 10.3. The van der Waals surface area contributed by atoms with Crippen LogP contribution in [0.1, 0.15) is 43.8 Å². The maximum absolute atomic E-state index is 15.0. The molecule has 2 aromatic carbocycles. The molecule has 0 saturated carbocycles. The average molecular weight is 771 g/mol. The number of anilines is 1. The molecular weight excluding hydrogens is 730 g/mol. The number of nitrogens with zero attached hydrogens (tertiary/aromatic N) is 2. The number of benzene rings is 2. The number of amides is 3. The zero-order valence-corrected chi connectivity index (χ0v) is 30.1. The highest BCUT2D eigenvalue weighted by Crippen LogP contribution is 2.59. The molecule has 3 amide bonds. The lowest BCUT2D eigenvalue weighted by Gasteiger charge is -2.36. The zero-order valence-electron chi connectivity index (χ0n) is 27.7. The van der Waals surface area contributed by atoms with Crippen LogP contribution in [0.5, 0.6) is 0 Å². The Labute approximate surface area is 304 Å². The lowest BCUT2D eigenvalue weighted by molar-refractivity contribution is -0.162. The maximum Gasteiger partial charge on any atom is 0.313 e. The van der Waals surface area contributed by atoms with E-state index in [-0.39, 0.29) is 44.5 Å². The van der Waals surface area contributed by atoms with Crippen LogP contribution < -0.4 is 10.2 Å². The van der Waals surface area contributed by atoms with Gasteiger partial charge in [-0.3, -0.25) is 19.2 Å². The van der Waals surface area contributed by atoms with Crippen LogP contribution in [-0.4, -0.2) is 90.9 Å². The molecule has 2 aromatic rings. The molecule has 1 spiro atoms. The van der Waals surface area contributed by atoms with Gasteiger partial charge >= 0.3 is 5.97 Å². The number of para-hydroxylation sites is 1. The van der Waals surface area contributed by atoms with Crippen LogP contribution in [0.2, 0.25) is 5.02 Å². The van der Waals surface area contributed by atoms with Gasteiger partial charge in [0.15, 0.2) is 0 Å². The number of carbonyl (C=O) groups excluding carboxylic acids is 4. The third-order valence-corrected chi connectivity index (χ3v) is 10.8. The van der Waals surface area contributed by atoms with E-state index >= 15 is 0 Å². The summed E-state index contributed by atoms with van der Waals surface area (Å²) in [5.74, 6) is -3.91. The second kappa shape index (κ2) is 15.8. The number of aliphatic hydroxyl groups is 1. The number of halogens is 2. The Morgan fingerprint density at radius 3 is 2.50 bits per heavy atom. The van der Waals surface area contributed by atoms with Gasteiger partial charge in [0.25, 0.3) is 5.91 Å². The molecule has 2 fully saturated rings. The van der Waals surface area contributed by atoms with Crippen LogP contribution in [0.15, 0.2) is 77.3 Å². The number of ether oxygens (including phenoxy) is 3. The van der Waals surface area contributed by atoms with Crippen LogP contribution in [-0.2, 0) is 33.4 Å². The predicted molar refractivity (Wildman–Crippen MR) is 189 cm³/mol. The first-order valence-corrected chi connectivity index (χ1v) is 18.1. The van der Waals surface area contributed by atoms with Crippen LogP contribution in [0, 0.1) is 11.8 Å². The molecule has 13 heteroatoms. The largest absolute Gasteiger partial charge is 0.455 e. The maximum atomic E-state index is 15.0. The highest BCUT2D eigenvalue weighted by atomic mass is 79.9. The first kappa shape index (κ1) is 36.2. The predicted octanol–water partition coefficient (Wildman–Crippen LogP) is 4.47. The fourth-order valence-electron chi connectivity index (χ4n) is 7.61. The van der Waals surface area contributed by atoms with E-state index in [2.05, 4.69) is 21.2 Å². The van der Waals surface area contributed by atoms with Crippen molar-refractivity contribution in [2.45, 2.75) is 62.0 Å². The van der Waals surface area contributed by atoms with Gasteiger partial charge in [-0.1, -0.05) is 82.1 Å². The van der Waals surface area contributed by atoms with Crippen LogP contribution in [0.4, 0.5) is 5.69 Å². The molecule has 0 radical (unpaired) electrons. The van der Waals surface area contributed by atoms with Crippen molar-refractivity contribution in [2.75, 3.05) is 38.3 Å². The summed E-state index contributed by atoms with van der Waals surface area (Å²) in [6.07, 6.45) is 5.80. The molecule has 2 N–H and O–H groups in total. The van der Waals surface area contributed by atoms with Crippen molar-refractivity contribution in [1.29, 1.82) is 0 Å². The van der Waals surface area contributed by atoms with Gasteiger partial charge in [-0.2, -0.15) is 0 Å². The number of esters is 1. The summed E-state index contributed by atoms with van der Waals surface area (Å²) < 4.78 is 19.0. The van der Waals surface area contributed by atoms with Gasteiger partial charge in [-0.15, -0.1) is 0 Å². The quantitative estimate of drug-likeness (QED) is 0.217. The summed E-state index contributed by atoms with van der Waals surface area (Å²) in [7, 11) is 1.50. The summed E-state index contributed by atoms with van der Waals surface area (Å²) in [4.78, 5) is 60.4. The third kappa shape index (κ3) is 6.88. The zero-order chi connectivity index (χ0) is 35.4. The summed E-state index contributed by atoms with van der Waals surface area (Å²) in [6, 6.07) is 14.2.